The van der Waals surface area contributed by atoms with Gasteiger partial charge in [-0.2, -0.15) is 0 Å². The molecule has 0 aliphatic heterocycles. The first-order valence-electron chi connectivity index (χ1n) is 5.44. The highest BCUT2D eigenvalue weighted by Crippen LogP contribution is 2.27. The van der Waals surface area contributed by atoms with Crippen LogP contribution >= 0.6 is 15.9 Å². The van der Waals surface area contributed by atoms with Crippen LogP contribution in [0.25, 0.3) is 0 Å². The maximum atomic E-state index is 5.75. The van der Waals surface area contributed by atoms with Crippen LogP contribution in [0.4, 0.5) is 0 Å². The van der Waals surface area contributed by atoms with Gasteiger partial charge < -0.3 is 4.74 Å². The monoisotopic (exact) mass is 292 g/mol. The molecule has 0 aliphatic rings. The van der Waals surface area contributed by atoms with Crippen LogP contribution in [0.3, 0.4) is 0 Å². The topological polar surface area (TPSA) is 35.0 Å². The minimum Gasteiger partial charge on any atom is -0.439 e. The van der Waals surface area contributed by atoms with E-state index in [0.29, 0.717) is 5.88 Å². The van der Waals surface area contributed by atoms with Crippen LogP contribution in [0.2, 0.25) is 0 Å². The normalized spacial score (nSPS) is 10.3. The summed E-state index contributed by atoms with van der Waals surface area (Å²) in [5.41, 5.74) is 2.05. The average molecular weight is 293 g/mol. The van der Waals surface area contributed by atoms with Gasteiger partial charge >= 0.3 is 0 Å². The summed E-state index contributed by atoms with van der Waals surface area (Å²) in [6, 6.07) is 7.78. The van der Waals surface area contributed by atoms with Crippen molar-refractivity contribution >= 4 is 15.9 Å². The largest absolute Gasteiger partial charge is 0.439 e. The third kappa shape index (κ3) is 3.03. The molecule has 1 aromatic heterocycles. The maximum absolute atomic E-state index is 5.75. The number of benzene rings is 1. The molecule has 0 saturated carbocycles. The number of halogens is 1. The van der Waals surface area contributed by atoms with E-state index >= 15 is 0 Å². The average Bonchev–Trinajstić information content (AvgIpc) is 2.34. The predicted octanol–water partition coefficient (Wildman–Crippen LogP) is 3.90. The van der Waals surface area contributed by atoms with E-state index in [4.69, 9.17) is 4.74 Å². The molecular weight excluding hydrogens is 280 g/mol. The molecule has 1 heterocycles. The van der Waals surface area contributed by atoms with Crippen molar-refractivity contribution in [2.75, 3.05) is 0 Å². The fourth-order valence-corrected chi connectivity index (χ4v) is 1.76. The number of hydrogen-bond acceptors (Lipinski definition) is 3. The summed E-state index contributed by atoms with van der Waals surface area (Å²) in [6.07, 6.45) is 2.40. The van der Waals surface area contributed by atoms with Crippen molar-refractivity contribution in [1.82, 2.24) is 9.97 Å². The Morgan fingerprint density at radius 1 is 1.24 bits per heavy atom. The first-order chi connectivity index (χ1) is 8.19. The van der Waals surface area contributed by atoms with Crippen molar-refractivity contribution < 1.29 is 4.74 Å². The van der Waals surface area contributed by atoms with Gasteiger partial charge in [-0.3, -0.25) is 0 Å². The number of nitrogens with zero attached hydrogens (tertiary/aromatic N) is 2. The van der Waals surface area contributed by atoms with Crippen LogP contribution in [-0.2, 0) is 6.42 Å². The van der Waals surface area contributed by atoms with Gasteiger partial charge in [-0.15, -0.1) is 0 Å². The highest BCUT2D eigenvalue weighted by molar-refractivity contribution is 9.10. The summed E-state index contributed by atoms with van der Waals surface area (Å²) in [4.78, 5) is 8.24. The zero-order valence-corrected chi connectivity index (χ0v) is 11.4. The van der Waals surface area contributed by atoms with E-state index in [2.05, 4.69) is 32.8 Å². The summed E-state index contributed by atoms with van der Waals surface area (Å²) < 4.78 is 6.74. The SMILES string of the molecule is CCc1cc(Oc2cc(Br)ccc2C)ncn1. The number of ether oxygens (including phenoxy) is 1. The molecule has 17 heavy (non-hydrogen) atoms. The van der Waals surface area contributed by atoms with Gasteiger partial charge in [0.05, 0.1) is 0 Å². The van der Waals surface area contributed by atoms with Gasteiger partial charge in [0, 0.05) is 16.2 Å². The van der Waals surface area contributed by atoms with Crippen LogP contribution in [0.15, 0.2) is 35.1 Å². The third-order valence-corrected chi connectivity index (χ3v) is 2.92. The Kier molecular flexibility index (Phi) is 3.74. The molecule has 2 rings (SSSR count). The highest BCUT2D eigenvalue weighted by atomic mass is 79.9. The lowest BCUT2D eigenvalue weighted by Crippen LogP contribution is -1.94. The maximum Gasteiger partial charge on any atom is 0.222 e. The number of hydrogen-bond donors (Lipinski definition) is 0. The second-order valence-electron chi connectivity index (χ2n) is 3.71. The molecule has 88 valence electrons. The van der Waals surface area contributed by atoms with E-state index in [1.807, 2.05) is 31.2 Å². The zero-order valence-electron chi connectivity index (χ0n) is 9.77. The van der Waals surface area contributed by atoms with E-state index in [-0.39, 0.29) is 0 Å². The van der Waals surface area contributed by atoms with E-state index in [1.165, 1.54) is 6.33 Å². The van der Waals surface area contributed by atoms with Gasteiger partial charge in [-0.05, 0) is 31.0 Å². The molecule has 0 saturated heterocycles. The fraction of sp³-hybridized carbons (Fsp3) is 0.231. The summed E-state index contributed by atoms with van der Waals surface area (Å²) in [5.74, 6) is 1.39. The van der Waals surface area contributed by atoms with E-state index in [9.17, 15) is 0 Å². The summed E-state index contributed by atoms with van der Waals surface area (Å²) in [6.45, 7) is 4.06. The van der Waals surface area contributed by atoms with Crippen molar-refractivity contribution in [2.45, 2.75) is 20.3 Å². The first kappa shape index (κ1) is 12.0. The van der Waals surface area contributed by atoms with Gasteiger partial charge in [-0.25, -0.2) is 9.97 Å². The molecule has 1 aromatic carbocycles. The number of rotatable bonds is 3. The molecule has 4 heteroatoms. The van der Waals surface area contributed by atoms with Crippen LogP contribution in [-0.4, -0.2) is 9.97 Å². The predicted molar refractivity (Wildman–Crippen MR) is 70.4 cm³/mol. The fourth-order valence-electron chi connectivity index (χ4n) is 1.42. The van der Waals surface area contributed by atoms with Crippen molar-refractivity contribution in [3.05, 3.63) is 46.3 Å². The molecule has 0 spiro atoms. The van der Waals surface area contributed by atoms with Gasteiger partial charge in [0.2, 0.25) is 5.88 Å². The Labute approximate surface area is 109 Å². The van der Waals surface area contributed by atoms with Gasteiger partial charge in [0.15, 0.2) is 0 Å². The van der Waals surface area contributed by atoms with Crippen LogP contribution < -0.4 is 4.74 Å². The Morgan fingerprint density at radius 2 is 2.06 bits per heavy atom. The van der Waals surface area contributed by atoms with Gasteiger partial charge in [0.25, 0.3) is 0 Å². The molecular formula is C13H13BrN2O. The van der Waals surface area contributed by atoms with Gasteiger partial charge in [-0.1, -0.05) is 28.9 Å². The molecule has 0 aliphatic carbocycles. The Morgan fingerprint density at radius 3 is 2.82 bits per heavy atom. The Balaban J connectivity index is 2.27. The number of aryl methyl sites for hydroxylation is 2. The van der Waals surface area contributed by atoms with Gasteiger partial charge in [0.1, 0.15) is 12.1 Å². The first-order valence-corrected chi connectivity index (χ1v) is 6.23. The Hall–Kier alpha value is -1.42. The van der Waals surface area contributed by atoms with Crippen LogP contribution in [0, 0.1) is 6.92 Å². The second kappa shape index (κ2) is 5.27. The summed E-state index contributed by atoms with van der Waals surface area (Å²) >= 11 is 3.43. The van der Waals surface area contributed by atoms with Crippen LogP contribution in [0.1, 0.15) is 18.2 Å². The highest BCUT2D eigenvalue weighted by Gasteiger charge is 2.04. The second-order valence-corrected chi connectivity index (χ2v) is 4.63. The standard InChI is InChI=1S/C13H13BrN2O/c1-3-11-7-13(16-8-15-11)17-12-6-10(14)5-4-9(12)2/h4-8H,3H2,1-2H3. The van der Waals surface area contributed by atoms with Crippen LogP contribution in [0.5, 0.6) is 11.6 Å². The minimum atomic E-state index is 0.582. The van der Waals surface area contributed by atoms with E-state index in [0.717, 1.165) is 27.9 Å². The van der Waals surface area contributed by atoms with Crippen molar-refractivity contribution in [3.8, 4) is 11.6 Å². The lowest BCUT2D eigenvalue weighted by molar-refractivity contribution is 0.456. The number of aromatic nitrogens is 2. The molecule has 0 fully saturated rings. The summed E-state index contributed by atoms with van der Waals surface area (Å²) in [5, 5.41) is 0. The molecule has 0 unspecified atom stereocenters. The third-order valence-electron chi connectivity index (χ3n) is 2.43. The zero-order chi connectivity index (χ0) is 12.3. The van der Waals surface area contributed by atoms with E-state index < -0.39 is 0 Å². The molecule has 3 nitrogen and oxygen atoms in total. The quantitative estimate of drug-likeness (QED) is 0.860. The molecule has 2 aromatic rings. The Bertz CT molecular complexity index is 529. The van der Waals surface area contributed by atoms with Crippen molar-refractivity contribution in [1.29, 1.82) is 0 Å². The molecule has 0 amide bonds. The van der Waals surface area contributed by atoms with Crippen molar-refractivity contribution in [2.24, 2.45) is 0 Å². The van der Waals surface area contributed by atoms with E-state index in [1.54, 1.807) is 0 Å². The summed E-state index contributed by atoms with van der Waals surface area (Å²) in [7, 11) is 0. The lowest BCUT2D eigenvalue weighted by Gasteiger charge is -2.08. The molecule has 0 radical (unpaired) electrons. The lowest BCUT2D eigenvalue weighted by atomic mass is 10.2. The molecule has 0 bridgehead atoms. The van der Waals surface area contributed by atoms with Crippen molar-refractivity contribution in [3.63, 3.8) is 0 Å². The minimum absolute atomic E-state index is 0.582. The molecule has 0 atom stereocenters. The molecule has 0 N–H and O–H groups in total. The smallest absolute Gasteiger partial charge is 0.222 e.